The molecule has 1 fully saturated rings. The summed E-state index contributed by atoms with van der Waals surface area (Å²) in [6, 6.07) is 8.84. The fourth-order valence-electron chi connectivity index (χ4n) is 4.04. The first-order chi connectivity index (χ1) is 17.7. The third-order valence-electron chi connectivity index (χ3n) is 6.10. The molecule has 206 valence electrons. The molecule has 8 N–H and O–H groups in total. The van der Waals surface area contributed by atoms with Crippen LogP contribution in [0.5, 0.6) is 23.0 Å². The van der Waals surface area contributed by atoms with Crippen LogP contribution in [-0.4, -0.2) is 105 Å². The van der Waals surface area contributed by atoms with E-state index in [2.05, 4.69) is 0 Å². The number of benzene rings is 2. The Bertz CT molecular complexity index is 1000. The summed E-state index contributed by atoms with van der Waals surface area (Å²) in [5.41, 5.74) is 1.07. The number of hydrogen-bond donors (Lipinski definition) is 8. The third kappa shape index (κ3) is 6.80. The lowest BCUT2D eigenvalue weighted by Crippen LogP contribution is -2.59. The van der Waals surface area contributed by atoms with Gasteiger partial charge in [-0.1, -0.05) is 12.1 Å². The molecular weight excluding hydrogens is 492 g/mol. The van der Waals surface area contributed by atoms with E-state index in [-0.39, 0.29) is 29.6 Å². The number of aliphatic hydroxyl groups excluding tert-OH is 6. The van der Waals surface area contributed by atoms with Crippen LogP contribution in [-0.2, 0) is 15.9 Å². The number of aromatic hydroxyl groups is 2. The average molecular weight is 527 g/mol. The highest BCUT2D eigenvalue weighted by Gasteiger charge is 2.46. The van der Waals surface area contributed by atoms with E-state index in [0.717, 1.165) is 5.56 Å². The molecule has 12 nitrogen and oxygen atoms in total. The molecule has 2 aromatic rings. The third-order valence-corrected chi connectivity index (χ3v) is 6.10. The lowest BCUT2D eigenvalue weighted by molar-refractivity contribution is -0.318. The molecule has 1 heterocycles. The Balaban J connectivity index is 1.94. The first kappa shape index (κ1) is 28.9. The molecule has 0 amide bonds. The minimum absolute atomic E-state index is 0.00133. The summed E-state index contributed by atoms with van der Waals surface area (Å²) in [6.07, 6.45) is -9.22. The molecule has 12 heteroatoms. The number of phenolic OH excluding ortho intramolecular Hbond substituents is 2. The highest BCUT2D eigenvalue weighted by molar-refractivity contribution is 5.44. The molecule has 1 aliphatic rings. The predicted octanol–water partition coefficient (Wildman–Crippen LogP) is -0.671. The van der Waals surface area contributed by atoms with Gasteiger partial charge in [-0.15, -0.1) is 0 Å². The molecule has 0 spiro atoms. The number of phenols is 2. The molecule has 37 heavy (non-hydrogen) atoms. The van der Waals surface area contributed by atoms with E-state index in [4.69, 9.17) is 24.1 Å². The largest absolute Gasteiger partial charge is 0.504 e. The number of hydrogen-bond acceptors (Lipinski definition) is 12. The van der Waals surface area contributed by atoms with Crippen LogP contribution in [0.15, 0.2) is 36.4 Å². The van der Waals surface area contributed by atoms with E-state index in [0.29, 0.717) is 18.4 Å². The zero-order chi connectivity index (χ0) is 27.1. The molecule has 7 unspecified atom stereocenters. The van der Waals surface area contributed by atoms with Gasteiger partial charge >= 0.3 is 0 Å². The van der Waals surface area contributed by atoms with Gasteiger partial charge in [-0.05, 0) is 48.2 Å². The minimum atomic E-state index is -1.72. The molecular formula is C25H34O12. The second-order valence-electron chi connectivity index (χ2n) is 8.65. The maximum atomic E-state index is 10.5. The van der Waals surface area contributed by atoms with Gasteiger partial charge in [0.1, 0.15) is 30.5 Å². The van der Waals surface area contributed by atoms with Crippen molar-refractivity contribution in [2.75, 3.05) is 26.9 Å². The van der Waals surface area contributed by atoms with Gasteiger partial charge in [0, 0.05) is 6.61 Å². The number of aryl methyl sites for hydroxylation is 1. The van der Waals surface area contributed by atoms with Gasteiger partial charge in [0.25, 0.3) is 0 Å². The average Bonchev–Trinajstić information content (AvgIpc) is 2.90. The van der Waals surface area contributed by atoms with Gasteiger partial charge < -0.3 is 59.8 Å². The summed E-state index contributed by atoms with van der Waals surface area (Å²) in [4.78, 5) is 0. The van der Waals surface area contributed by atoms with E-state index in [1.807, 2.05) is 0 Å². The summed E-state index contributed by atoms with van der Waals surface area (Å²) in [7, 11) is 1.34. The monoisotopic (exact) mass is 526 g/mol. The first-order valence-electron chi connectivity index (χ1n) is 11.8. The van der Waals surface area contributed by atoms with Crippen LogP contribution in [0.25, 0.3) is 0 Å². The van der Waals surface area contributed by atoms with Gasteiger partial charge in [0.05, 0.1) is 20.3 Å². The normalized spacial score (nSPS) is 25.4. The fraction of sp³-hybridized carbons (Fsp3) is 0.520. The van der Waals surface area contributed by atoms with Crippen molar-refractivity contribution in [1.82, 2.24) is 0 Å². The van der Waals surface area contributed by atoms with Crippen molar-refractivity contribution < 1.29 is 59.8 Å². The van der Waals surface area contributed by atoms with Crippen molar-refractivity contribution in [2.45, 2.75) is 55.8 Å². The Hall–Kier alpha value is -2.68. The maximum Gasteiger partial charge on any atom is 0.187 e. The molecule has 0 aromatic heterocycles. The lowest BCUT2D eigenvalue weighted by atomic mass is 9.98. The smallest absolute Gasteiger partial charge is 0.187 e. The van der Waals surface area contributed by atoms with Gasteiger partial charge in [-0.2, -0.15) is 0 Å². The van der Waals surface area contributed by atoms with E-state index < -0.39 is 56.1 Å². The Morgan fingerprint density at radius 1 is 0.892 bits per heavy atom. The van der Waals surface area contributed by atoms with Crippen LogP contribution in [0.2, 0.25) is 0 Å². The van der Waals surface area contributed by atoms with Gasteiger partial charge in [-0.25, -0.2) is 0 Å². The van der Waals surface area contributed by atoms with Crippen LogP contribution < -0.4 is 9.47 Å². The molecule has 3 rings (SSSR count). The predicted molar refractivity (Wildman–Crippen MR) is 127 cm³/mol. The van der Waals surface area contributed by atoms with Crippen LogP contribution in [0.3, 0.4) is 0 Å². The first-order valence-corrected chi connectivity index (χ1v) is 11.8. The second-order valence-corrected chi connectivity index (χ2v) is 8.65. The van der Waals surface area contributed by atoms with Gasteiger partial charge in [0.2, 0.25) is 0 Å². The van der Waals surface area contributed by atoms with Gasteiger partial charge in [0.15, 0.2) is 35.4 Å². The highest BCUT2D eigenvalue weighted by atomic mass is 16.7. The van der Waals surface area contributed by atoms with E-state index in [1.54, 1.807) is 6.07 Å². The molecule has 0 bridgehead atoms. The molecule has 1 saturated heterocycles. The van der Waals surface area contributed by atoms with Crippen molar-refractivity contribution in [3.05, 3.63) is 47.5 Å². The van der Waals surface area contributed by atoms with Crippen LogP contribution in [0, 0.1) is 0 Å². The minimum Gasteiger partial charge on any atom is -0.504 e. The van der Waals surface area contributed by atoms with E-state index in [9.17, 15) is 35.7 Å². The number of aliphatic hydroxyl groups is 6. The summed E-state index contributed by atoms with van der Waals surface area (Å²) < 4.78 is 22.4. The highest BCUT2D eigenvalue weighted by Crippen LogP contribution is 2.37. The standard InChI is InChI=1S/C25H34O12/c1-34-18-10-14(5-6-15(18)29)24(37-25-23(33)22(32)21(31)19(11-27)36-25)20(12-28)35-17-7-4-13(3-2-8-26)9-16(17)30/h4-7,9-10,19-33H,2-3,8,11-12H2,1H3. The van der Waals surface area contributed by atoms with Crippen molar-refractivity contribution in [1.29, 1.82) is 0 Å². The molecule has 2 aromatic carbocycles. The molecule has 7 atom stereocenters. The van der Waals surface area contributed by atoms with Crippen LogP contribution >= 0.6 is 0 Å². The van der Waals surface area contributed by atoms with Crippen LogP contribution in [0.4, 0.5) is 0 Å². The summed E-state index contributed by atoms with van der Waals surface area (Å²) in [5, 5.41) is 80.0. The Morgan fingerprint density at radius 3 is 2.27 bits per heavy atom. The summed E-state index contributed by atoms with van der Waals surface area (Å²) in [5.74, 6) is -0.299. The summed E-state index contributed by atoms with van der Waals surface area (Å²) >= 11 is 0. The lowest BCUT2D eigenvalue weighted by Gasteiger charge is -2.41. The number of rotatable bonds is 12. The van der Waals surface area contributed by atoms with Crippen molar-refractivity contribution in [3.8, 4) is 23.0 Å². The van der Waals surface area contributed by atoms with Crippen LogP contribution in [0.1, 0.15) is 23.7 Å². The molecule has 1 aliphatic heterocycles. The number of methoxy groups -OCH3 is 1. The SMILES string of the molecule is COc1cc(C(OC2OC(CO)C(O)C(O)C2O)C(CO)Oc2ccc(CCCO)cc2O)ccc1O. The fourth-order valence-corrected chi connectivity index (χ4v) is 4.04. The zero-order valence-corrected chi connectivity index (χ0v) is 20.3. The van der Waals surface area contributed by atoms with Gasteiger partial charge in [-0.3, -0.25) is 0 Å². The Kier molecular flexibility index (Phi) is 10.3. The summed E-state index contributed by atoms with van der Waals surface area (Å²) in [6.45, 7) is -1.31. The molecule has 0 radical (unpaired) electrons. The van der Waals surface area contributed by atoms with E-state index >= 15 is 0 Å². The Labute approximate surface area is 213 Å². The zero-order valence-electron chi connectivity index (χ0n) is 20.3. The number of ether oxygens (including phenoxy) is 4. The maximum absolute atomic E-state index is 10.5. The van der Waals surface area contributed by atoms with Crippen molar-refractivity contribution >= 4 is 0 Å². The molecule has 0 aliphatic carbocycles. The molecule has 0 saturated carbocycles. The second kappa shape index (κ2) is 13.2. The topological polar surface area (TPSA) is 199 Å². The quantitative estimate of drug-likeness (QED) is 0.174. The van der Waals surface area contributed by atoms with Crippen molar-refractivity contribution in [3.63, 3.8) is 0 Å². The Morgan fingerprint density at radius 2 is 1.65 bits per heavy atom. The van der Waals surface area contributed by atoms with E-state index in [1.165, 1.54) is 37.4 Å². The van der Waals surface area contributed by atoms with Crippen molar-refractivity contribution in [2.24, 2.45) is 0 Å².